The maximum atomic E-state index is 12.6. The van der Waals surface area contributed by atoms with Gasteiger partial charge in [0.2, 0.25) is 0 Å². The van der Waals surface area contributed by atoms with E-state index in [2.05, 4.69) is 22.6 Å². The average molecular weight is 393 g/mol. The van der Waals surface area contributed by atoms with E-state index < -0.39 is 0 Å². The van der Waals surface area contributed by atoms with E-state index in [0.717, 1.165) is 29.4 Å². The monoisotopic (exact) mass is 392 g/mol. The summed E-state index contributed by atoms with van der Waals surface area (Å²) < 4.78 is 0.902. The maximum Gasteiger partial charge on any atom is 0.254 e. The van der Waals surface area contributed by atoms with Gasteiger partial charge in [0.25, 0.3) is 5.91 Å². The first-order valence-electron chi connectivity index (χ1n) is 6.52. The number of likely N-dealkylation sites (tertiary alicyclic amines) is 1. The van der Waals surface area contributed by atoms with Crippen LogP contribution in [0.5, 0.6) is 0 Å². The topological polar surface area (TPSA) is 46.3 Å². The van der Waals surface area contributed by atoms with Gasteiger partial charge in [-0.15, -0.1) is 0 Å². The Kier molecular flexibility index (Phi) is 5.09. The van der Waals surface area contributed by atoms with E-state index in [1.807, 2.05) is 17.9 Å². The molecular weight excluding hydrogens is 375 g/mol. The van der Waals surface area contributed by atoms with Crippen molar-refractivity contribution < 1.29 is 4.79 Å². The van der Waals surface area contributed by atoms with Crippen molar-refractivity contribution in [3.63, 3.8) is 0 Å². The number of piperidine rings is 1. The van der Waals surface area contributed by atoms with Gasteiger partial charge in [0.05, 0.1) is 5.02 Å². The molecule has 0 radical (unpaired) electrons. The van der Waals surface area contributed by atoms with Gasteiger partial charge < -0.3 is 10.6 Å². The van der Waals surface area contributed by atoms with Gasteiger partial charge in [-0.1, -0.05) is 11.6 Å². The van der Waals surface area contributed by atoms with Gasteiger partial charge in [0, 0.05) is 27.8 Å². The highest BCUT2D eigenvalue weighted by molar-refractivity contribution is 14.1. The summed E-state index contributed by atoms with van der Waals surface area (Å²) in [6, 6.07) is 5.57. The molecule has 1 aliphatic rings. The Bertz CT molecular complexity index is 479. The van der Waals surface area contributed by atoms with Crippen molar-refractivity contribution in [3.05, 3.63) is 32.4 Å². The number of benzene rings is 1. The minimum absolute atomic E-state index is 0.00984. The van der Waals surface area contributed by atoms with Crippen molar-refractivity contribution in [3.8, 4) is 0 Å². The number of rotatable bonds is 2. The molecule has 1 fully saturated rings. The Morgan fingerprint density at radius 1 is 1.53 bits per heavy atom. The number of amides is 1. The number of halogens is 2. The molecule has 0 saturated carbocycles. The molecule has 2 atom stereocenters. The smallest absolute Gasteiger partial charge is 0.254 e. The second-order valence-electron chi connectivity index (χ2n) is 5.05. The molecule has 0 aliphatic carbocycles. The van der Waals surface area contributed by atoms with Gasteiger partial charge in [0.1, 0.15) is 0 Å². The predicted octanol–water partition coefficient (Wildman–Crippen LogP) is 3.29. The second kappa shape index (κ2) is 6.41. The zero-order chi connectivity index (χ0) is 14.0. The minimum Gasteiger partial charge on any atom is -0.334 e. The van der Waals surface area contributed by atoms with Gasteiger partial charge in [-0.25, -0.2) is 0 Å². The van der Waals surface area contributed by atoms with Crippen LogP contribution in [0.15, 0.2) is 18.2 Å². The number of nitrogens with two attached hydrogens (primary N) is 1. The molecule has 19 heavy (non-hydrogen) atoms. The first-order chi connectivity index (χ1) is 9.00. The first kappa shape index (κ1) is 15.1. The van der Waals surface area contributed by atoms with Gasteiger partial charge in [-0.05, 0) is 67.0 Å². The molecule has 1 saturated heterocycles. The lowest BCUT2D eigenvalue weighted by Crippen LogP contribution is -2.51. The summed E-state index contributed by atoms with van der Waals surface area (Å²) in [5, 5.41) is 0.680. The van der Waals surface area contributed by atoms with E-state index >= 15 is 0 Å². The lowest BCUT2D eigenvalue weighted by atomic mass is 9.96. The zero-order valence-electron chi connectivity index (χ0n) is 10.9. The molecule has 1 amide bonds. The third-order valence-electron chi connectivity index (χ3n) is 3.58. The van der Waals surface area contributed by atoms with Crippen LogP contribution >= 0.6 is 34.2 Å². The number of nitrogens with zero attached hydrogens (tertiary/aromatic N) is 1. The molecule has 0 aromatic heterocycles. The Morgan fingerprint density at radius 3 is 2.89 bits per heavy atom. The van der Waals surface area contributed by atoms with Crippen LogP contribution in [-0.4, -0.2) is 29.4 Å². The fourth-order valence-electron chi connectivity index (χ4n) is 2.55. The largest absolute Gasteiger partial charge is 0.334 e. The minimum atomic E-state index is 0.00984. The number of carbonyl (C=O) groups excluding carboxylic acids is 1. The zero-order valence-corrected chi connectivity index (χ0v) is 13.8. The van der Waals surface area contributed by atoms with Gasteiger partial charge in [0.15, 0.2) is 0 Å². The van der Waals surface area contributed by atoms with Crippen molar-refractivity contribution in [2.45, 2.75) is 38.3 Å². The molecule has 1 aromatic rings. The van der Waals surface area contributed by atoms with Crippen LogP contribution in [0.2, 0.25) is 5.02 Å². The highest BCUT2D eigenvalue weighted by Crippen LogP contribution is 2.24. The molecular formula is C14H18ClIN2O. The standard InChI is InChI=1S/C14H18ClIN2O/c1-9(17)13-4-2-3-7-18(13)14(19)10-5-6-11(15)12(16)8-10/h5-6,8-9,13H,2-4,7,17H2,1H3. The lowest BCUT2D eigenvalue weighted by Gasteiger charge is -2.38. The van der Waals surface area contributed by atoms with E-state index in [4.69, 9.17) is 17.3 Å². The Labute approximate surface area is 132 Å². The molecule has 0 bridgehead atoms. The molecule has 1 heterocycles. The van der Waals surface area contributed by atoms with E-state index in [-0.39, 0.29) is 18.0 Å². The van der Waals surface area contributed by atoms with Crippen molar-refractivity contribution in [1.29, 1.82) is 0 Å². The summed E-state index contributed by atoms with van der Waals surface area (Å²) in [7, 11) is 0. The molecule has 5 heteroatoms. The molecule has 2 rings (SSSR count). The van der Waals surface area contributed by atoms with Gasteiger partial charge in [-0.3, -0.25) is 4.79 Å². The summed E-state index contributed by atoms with van der Waals surface area (Å²) in [6.45, 7) is 2.77. The molecule has 1 aromatic carbocycles. The summed E-state index contributed by atoms with van der Waals surface area (Å²) in [6.07, 6.45) is 3.20. The van der Waals surface area contributed by atoms with Crippen molar-refractivity contribution in [1.82, 2.24) is 4.90 Å². The Balaban J connectivity index is 2.23. The number of carbonyl (C=O) groups is 1. The van der Waals surface area contributed by atoms with E-state index in [0.29, 0.717) is 10.6 Å². The summed E-state index contributed by atoms with van der Waals surface area (Å²) >= 11 is 8.14. The second-order valence-corrected chi connectivity index (χ2v) is 6.62. The number of hydrogen-bond acceptors (Lipinski definition) is 2. The maximum absolute atomic E-state index is 12.6. The van der Waals surface area contributed by atoms with Crippen LogP contribution in [0.1, 0.15) is 36.5 Å². The predicted molar refractivity (Wildman–Crippen MR) is 86.5 cm³/mol. The van der Waals surface area contributed by atoms with Crippen LogP contribution in [0, 0.1) is 3.57 Å². The number of hydrogen-bond donors (Lipinski definition) is 1. The average Bonchev–Trinajstić information content (AvgIpc) is 2.41. The van der Waals surface area contributed by atoms with Crippen LogP contribution in [0.3, 0.4) is 0 Å². The molecule has 2 unspecified atom stereocenters. The molecule has 104 valence electrons. The normalized spacial score (nSPS) is 21.3. The van der Waals surface area contributed by atoms with Crippen LogP contribution in [-0.2, 0) is 0 Å². The first-order valence-corrected chi connectivity index (χ1v) is 7.98. The third-order valence-corrected chi connectivity index (χ3v) is 5.12. The molecule has 0 spiro atoms. The quantitative estimate of drug-likeness (QED) is 0.785. The lowest BCUT2D eigenvalue weighted by molar-refractivity contribution is 0.0584. The molecule has 1 aliphatic heterocycles. The molecule has 2 N–H and O–H groups in total. The van der Waals surface area contributed by atoms with Gasteiger partial charge >= 0.3 is 0 Å². The SMILES string of the molecule is CC(N)C1CCCCN1C(=O)c1ccc(Cl)c(I)c1. The molecule has 3 nitrogen and oxygen atoms in total. The summed E-state index contributed by atoms with van der Waals surface area (Å²) in [4.78, 5) is 14.5. The van der Waals surface area contributed by atoms with Crippen LogP contribution in [0.4, 0.5) is 0 Å². The van der Waals surface area contributed by atoms with Crippen molar-refractivity contribution in [2.75, 3.05) is 6.54 Å². The van der Waals surface area contributed by atoms with E-state index in [9.17, 15) is 4.79 Å². The Hall–Kier alpha value is -0.330. The van der Waals surface area contributed by atoms with E-state index in [1.165, 1.54) is 0 Å². The Morgan fingerprint density at radius 2 is 2.26 bits per heavy atom. The summed E-state index contributed by atoms with van der Waals surface area (Å²) in [5.41, 5.74) is 6.71. The summed E-state index contributed by atoms with van der Waals surface area (Å²) in [5.74, 6) is 0.0663. The van der Waals surface area contributed by atoms with E-state index in [1.54, 1.807) is 12.1 Å². The van der Waals surface area contributed by atoms with Crippen molar-refractivity contribution >= 4 is 40.1 Å². The van der Waals surface area contributed by atoms with Crippen LogP contribution < -0.4 is 5.73 Å². The highest BCUT2D eigenvalue weighted by Gasteiger charge is 2.29. The van der Waals surface area contributed by atoms with Gasteiger partial charge in [-0.2, -0.15) is 0 Å². The van der Waals surface area contributed by atoms with Crippen LogP contribution in [0.25, 0.3) is 0 Å². The fraction of sp³-hybridized carbons (Fsp3) is 0.500. The fourth-order valence-corrected chi connectivity index (χ4v) is 3.18. The third kappa shape index (κ3) is 3.41. The van der Waals surface area contributed by atoms with Crippen molar-refractivity contribution in [2.24, 2.45) is 5.73 Å². The highest BCUT2D eigenvalue weighted by atomic mass is 127.